The van der Waals surface area contributed by atoms with Gasteiger partial charge in [0.2, 0.25) is 0 Å². The summed E-state index contributed by atoms with van der Waals surface area (Å²) < 4.78 is 11.2. The van der Waals surface area contributed by atoms with Gasteiger partial charge in [0, 0.05) is 0 Å². The van der Waals surface area contributed by atoms with Crippen molar-refractivity contribution in [2.45, 2.75) is 84.1 Å². The monoisotopic (exact) mass is 420 g/mol. The Labute approximate surface area is 181 Å². The molecule has 0 spiro atoms. The van der Waals surface area contributed by atoms with Crippen LogP contribution in [-0.4, -0.2) is 52.1 Å². The van der Waals surface area contributed by atoms with E-state index in [4.69, 9.17) is 9.47 Å². The number of allylic oxidation sites excluding steroid dienone is 5. The van der Waals surface area contributed by atoms with E-state index in [9.17, 15) is 15.3 Å². The molecule has 0 aromatic rings. The lowest BCUT2D eigenvalue weighted by atomic mass is 9.61. The van der Waals surface area contributed by atoms with Crippen LogP contribution >= 0.6 is 0 Å². The molecule has 170 valence electrons. The first-order chi connectivity index (χ1) is 13.9. The molecule has 0 aromatic carbocycles. The van der Waals surface area contributed by atoms with Gasteiger partial charge in [0.05, 0.1) is 12.2 Å². The van der Waals surface area contributed by atoms with E-state index >= 15 is 0 Å². The van der Waals surface area contributed by atoms with Gasteiger partial charge in [-0.15, -0.1) is 6.58 Å². The molecule has 0 aromatic heterocycles. The van der Waals surface area contributed by atoms with Crippen LogP contribution < -0.4 is 0 Å². The topological polar surface area (TPSA) is 79.2 Å². The molecule has 3 N–H and O–H groups in total. The first-order valence-electron chi connectivity index (χ1n) is 10.9. The van der Waals surface area contributed by atoms with Crippen LogP contribution in [0.25, 0.3) is 0 Å². The lowest BCUT2D eigenvalue weighted by molar-refractivity contribution is -0.289. The molecule has 30 heavy (non-hydrogen) atoms. The molecule has 5 nitrogen and oxygen atoms in total. The predicted octanol–water partition coefficient (Wildman–Crippen LogP) is 3.91. The number of aliphatic hydroxyl groups excluding tert-OH is 3. The highest BCUT2D eigenvalue weighted by molar-refractivity contribution is 5.20. The Morgan fingerprint density at radius 2 is 1.87 bits per heavy atom. The van der Waals surface area contributed by atoms with Crippen LogP contribution in [0.5, 0.6) is 0 Å². The quantitative estimate of drug-likeness (QED) is 0.430. The van der Waals surface area contributed by atoms with Crippen molar-refractivity contribution in [2.75, 3.05) is 6.61 Å². The predicted molar refractivity (Wildman–Crippen MR) is 120 cm³/mol. The van der Waals surface area contributed by atoms with Crippen LogP contribution in [0.4, 0.5) is 0 Å². The zero-order chi connectivity index (χ0) is 22.7. The van der Waals surface area contributed by atoms with Gasteiger partial charge in [-0.1, -0.05) is 49.0 Å². The third-order valence-corrected chi connectivity index (χ3v) is 6.78. The first-order valence-corrected chi connectivity index (χ1v) is 10.9. The van der Waals surface area contributed by atoms with E-state index in [2.05, 4.69) is 46.1 Å². The van der Waals surface area contributed by atoms with Crippen molar-refractivity contribution in [1.29, 1.82) is 0 Å². The van der Waals surface area contributed by atoms with Gasteiger partial charge < -0.3 is 24.8 Å². The van der Waals surface area contributed by atoms with Gasteiger partial charge >= 0.3 is 0 Å². The molecule has 2 aliphatic rings. The van der Waals surface area contributed by atoms with Gasteiger partial charge in [-0.2, -0.15) is 0 Å². The van der Waals surface area contributed by atoms with Crippen molar-refractivity contribution in [2.24, 2.45) is 17.3 Å². The van der Waals surface area contributed by atoms with Crippen molar-refractivity contribution in [1.82, 2.24) is 0 Å². The molecule has 0 unspecified atom stereocenters. The van der Waals surface area contributed by atoms with E-state index in [0.717, 1.165) is 19.3 Å². The number of rotatable bonds is 7. The van der Waals surface area contributed by atoms with E-state index < -0.39 is 30.2 Å². The third kappa shape index (κ3) is 5.92. The van der Waals surface area contributed by atoms with E-state index in [0.29, 0.717) is 11.8 Å². The molecule has 1 heterocycles. The average Bonchev–Trinajstić information content (AvgIpc) is 2.68. The minimum atomic E-state index is -1.29. The lowest BCUT2D eigenvalue weighted by Crippen LogP contribution is -2.55. The van der Waals surface area contributed by atoms with Gasteiger partial charge in [-0.25, -0.2) is 0 Å². The molecule has 2 rings (SSSR count). The molecular formula is C25H40O5. The van der Waals surface area contributed by atoms with Crippen molar-refractivity contribution in [3.63, 3.8) is 0 Å². The highest BCUT2D eigenvalue weighted by Crippen LogP contribution is 2.48. The highest BCUT2D eigenvalue weighted by atomic mass is 16.7. The SMILES string of the molecule is C=C[C@]1(C)CC[C@@H](/C(C)=C/C=C/C(C)(C)O[C@@H]2OC[C@@H](O)[C@@H](O)[C@@H]2O)C[C@H]1C(=C)C. The smallest absolute Gasteiger partial charge is 0.187 e. The maximum absolute atomic E-state index is 10.1. The second-order valence-electron chi connectivity index (χ2n) is 9.82. The van der Waals surface area contributed by atoms with Gasteiger partial charge in [-0.05, 0) is 64.2 Å². The summed E-state index contributed by atoms with van der Waals surface area (Å²) in [5.41, 5.74) is 1.96. The second-order valence-corrected chi connectivity index (χ2v) is 9.82. The summed E-state index contributed by atoms with van der Waals surface area (Å²) in [5, 5.41) is 29.5. The maximum atomic E-state index is 10.1. The normalized spacial score (nSPS) is 38.6. The van der Waals surface area contributed by atoms with Gasteiger partial charge in [0.1, 0.15) is 18.3 Å². The number of hydrogen-bond acceptors (Lipinski definition) is 5. The Balaban J connectivity index is 2.00. The Hall–Kier alpha value is -1.24. The van der Waals surface area contributed by atoms with E-state index in [1.807, 2.05) is 26.0 Å². The van der Waals surface area contributed by atoms with Crippen LogP contribution in [0.3, 0.4) is 0 Å². The summed E-state index contributed by atoms with van der Waals surface area (Å²) >= 11 is 0. The Bertz CT molecular complexity index is 679. The molecule has 7 atom stereocenters. The number of ether oxygens (including phenoxy) is 2. The fourth-order valence-corrected chi connectivity index (χ4v) is 4.54. The van der Waals surface area contributed by atoms with Crippen molar-refractivity contribution in [3.8, 4) is 0 Å². The zero-order valence-corrected chi connectivity index (χ0v) is 19.2. The average molecular weight is 421 g/mol. The van der Waals surface area contributed by atoms with E-state index in [1.165, 1.54) is 11.1 Å². The molecule has 1 saturated heterocycles. The van der Waals surface area contributed by atoms with Crippen LogP contribution in [0.2, 0.25) is 0 Å². The highest BCUT2D eigenvalue weighted by Gasteiger charge is 2.40. The molecule has 5 heteroatoms. The summed E-state index contributed by atoms with van der Waals surface area (Å²) in [5.74, 6) is 0.945. The standard InChI is InChI=1S/C25H40O5/c1-8-25(7)13-11-18(14-19(25)16(2)3)17(4)10-9-12-24(5,6)30-23-22(28)21(27)20(26)15-29-23/h8-10,12,18-23,26-28H,1-2,11,13-15H2,3-7H3/b12-9+,17-10+/t18-,19+,20-,21-,22+,23+,25-/m1/s1. The Morgan fingerprint density at radius 1 is 1.20 bits per heavy atom. The Kier molecular flexibility index (Phi) is 8.28. The van der Waals surface area contributed by atoms with Crippen LogP contribution in [0.15, 0.2) is 48.6 Å². The molecular weight excluding hydrogens is 380 g/mol. The number of aliphatic hydroxyl groups is 3. The minimum absolute atomic E-state index is 0.0725. The van der Waals surface area contributed by atoms with Gasteiger partial charge in [0.15, 0.2) is 6.29 Å². The second kappa shape index (κ2) is 9.92. The largest absolute Gasteiger partial charge is 0.388 e. The van der Waals surface area contributed by atoms with E-state index in [-0.39, 0.29) is 12.0 Å². The van der Waals surface area contributed by atoms with Crippen LogP contribution in [0.1, 0.15) is 53.9 Å². The van der Waals surface area contributed by atoms with Crippen molar-refractivity contribution >= 4 is 0 Å². The summed E-state index contributed by atoms with van der Waals surface area (Å²) in [6.45, 7) is 18.5. The lowest BCUT2D eigenvalue weighted by Gasteiger charge is -2.43. The molecule has 1 aliphatic carbocycles. The summed E-state index contributed by atoms with van der Waals surface area (Å²) in [4.78, 5) is 0. The van der Waals surface area contributed by atoms with Crippen LogP contribution in [-0.2, 0) is 9.47 Å². The fourth-order valence-electron chi connectivity index (χ4n) is 4.54. The summed E-state index contributed by atoms with van der Waals surface area (Å²) in [6, 6.07) is 0. The first kappa shape index (κ1) is 25.0. The van der Waals surface area contributed by atoms with Gasteiger partial charge in [-0.3, -0.25) is 0 Å². The summed E-state index contributed by atoms with van der Waals surface area (Å²) in [6.07, 6.45) is 6.76. The fraction of sp³-hybridized carbons (Fsp3) is 0.680. The van der Waals surface area contributed by atoms with Crippen molar-refractivity contribution < 1.29 is 24.8 Å². The zero-order valence-electron chi connectivity index (χ0n) is 19.2. The molecule has 2 fully saturated rings. The number of hydrogen-bond donors (Lipinski definition) is 3. The molecule has 0 radical (unpaired) electrons. The molecule has 0 amide bonds. The van der Waals surface area contributed by atoms with Crippen LogP contribution in [0, 0.1) is 17.3 Å². The third-order valence-electron chi connectivity index (χ3n) is 6.78. The van der Waals surface area contributed by atoms with E-state index in [1.54, 1.807) is 0 Å². The molecule has 1 saturated carbocycles. The van der Waals surface area contributed by atoms with Crippen molar-refractivity contribution in [3.05, 3.63) is 48.6 Å². The minimum Gasteiger partial charge on any atom is -0.388 e. The summed E-state index contributed by atoms with van der Waals surface area (Å²) in [7, 11) is 0. The van der Waals surface area contributed by atoms with Gasteiger partial charge in [0.25, 0.3) is 0 Å². The Morgan fingerprint density at radius 3 is 2.47 bits per heavy atom. The molecule has 1 aliphatic heterocycles. The molecule has 0 bridgehead atoms. The maximum Gasteiger partial charge on any atom is 0.187 e.